The number of non-ortho nitro benzene ring substituents is 1. The maximum atomic E-state index is 12.9. The zero-order chi connectivity index (χ0) is 22.1. The van der Waals surface area contributed by atoms with Gasteiger partial charge in [-0.05, 0) is 42.0 Å². The smallest absolute Gasteiger partial charge is 0.269 e. The van der Waals surface area contributed by atoms with E-state index in [0.29, 0.717) is 5.56 Å². The standard InChI is InChI=1S/C23H20N4O4/c28-22(25-24-17-18-11-13-21(14-12-18)27(30)31)15-16-23(29)26(19-7-3-1-4-8-19)20-9-5-2-6-10-20/h1-14,17H,15-16H2,(H,25,28)/b24-17+. The number of amides is 2. The lowest BCUT2D eigenvalue weighted by Gasteiger charge is -2.23. The fraction of sp³-hybridized carbons (Fsp3) is 0.0870. The van der Waals surface area contributed by atoms with E-state index < -0.39 is 10.8 Å². The molecule has 0 unspecified atom stereocenters. The van der Waals surface area contributed by atoms with Crippen molar-refractivity contribution in [1.82, 2.24) is 5.43 Å². The molecule has 3 aromatic carbocycles. The van der Waals surface area contributed by atoms with E-state index in [2.05, 4.69) is 10.5 Å². The van der Waals surface area contributed by atoms with Crippen molar-refractivity contribution in [2.45, 2.75) is 12.8 Å². The van der Waals surface area contributed by atoms with Gasteiger partial charge in [-0.25, -0.2) is 5.43 Å². The molecule has 3 rings (SSSR count). The first-order valence-corrected chi connectivity index (χ1v) is 9.54. The zero-order valence-electron chi connectivity index (χ0n) is 16.5. The first-order chi connectivity index (χ1) is 15.0. The van der Waals surface area contributed by atoms with Gasteiger partial charge < -0.3 is 0 Å². The maximum absolute atomic E-state index is 12.9. The minimum Gasteiger partial charge on any atom is -0.281 e. The van der Waals surface area contributed by atoms with E-state index in [1.54, 1.807) is 4.90 Å². The molecule has 0 aliphatic heterocycles. The van der Waals surface area contributed by atoms with Crippen LogP contribution in [0.5, 0.6) is 0 Å². The Morgan fingerprint density at radius 2 is 1.42 bits per heavy atom. The number of carbonyl (C=O) groups excluding carboxylic acids is 2. The minimum atomic E-state index is -0.492. The molecule has 0 saturated heterocycles. The van der Waals surface area contributed by atoms with Crippen LogP contribution in [-0.2, 0) is 9.59 Å². The van der Waals surface area contributed by atoms with Gasteiger partial charge in [0.2, 0.25) is 11.8 Å². The van der Waals surface area contributed by atoms with Crippen LogP contribution in [0.4, 0.5) is 17.1 Å². The average Bonchev–Trinajstić information content (AvgIpc) is 2.80. The van der Waals surface area contributed by atoms with E-state index in [9.17, 15) is 19.7 Å². The summed E-state index contributed by atoms with van der Waals surface area (Å²) in [5, 5.41) is 14.5. The number of nitro groups is 1. The highest BCUT2D eigenvalue weighted by atomic mass is 16.6. The molecule has 0 radical (unpaired) electrons. The van der Waals surface area contributed by atoms with Crippen LogP contribution in [0.15, 0.2) is 90.0 Å². The molecule has 0 fully saturated rings. The second-order valence-electron chi connectivity index (χ2n) is 6.54. The number of nitrogens with one attached hydrogen (secondary N) is 1. The van der Waals surface area contributed by atoms with Crippen molar-refractivity contribution in [2.75, 3.05) is 4.90 Å². The van der Waals surface area contributed by atoms with Crippen molar-refractivity contribution in [1.29, 1.82) is 0 Å². The first-order valence-electron chi connectivity index (χ1n) is 9.54. The molecule has 1 N–H and O–H groups in total. The number of carbonyl (C=O) groups is 2. The molecule has 0 heterocycles. The zero-order valence-corrected chi connectivity index (χ0v) is 16.5. The highest BCUT2D eigenvalue weighted by Gasteiger charge is 2.18. The summed E-state index contributed by atoms with van der Waals surface area (Å²) in [4.78, 5) is 36.7. The van der Waals surface area contributed by atoms with E-state index in [1.165, 1.54) is 30.5 Å². The number of nitro benzene ring substituents is 1. The molecule has 0 spiro atoms. The Morgan fingerprint density at radius 3 is 1.94 bits per heavy atom. The Morgan fingerprint density at radius 1 is 0.871 bits per heavy atom. The molecular formula is C23H20N4O4. The number of hydrogen-bond donors (Lipinski definition) is 1. The first kappa shape index (κ1) is 21.4. The van der Waals surface area contributed by atoms with E-state index in [4.69, 9.17) is 0 Å². The Kier molecular flexibility index (Phi) is 7.21. The topological polar surface area (TPSA) is 105 Å². The van der Waals surface area contributed by atoms with Crippen molar-refractivity contribution in [3.05, 3.63) is 101 Å². The molecule has 8 heteroatoms. The molecule has 156 valence electrons. The monoisotopic (exact) mass is 416 g/mol. The third-order valence-electron chi connectivity index (χ3n) is 4.35. The second-order valence-corrected chi connectivity index (χ2v) is 6.54. The van der Waals surface area contributed by atoms with Crippen molar-refractivity contribution < 1.29 is 14.5 Å². The van der Waals surface area contributed by atoms with Gasteiger partial charge in [0.25, 0.3) is 5.69 Å². The lowest BCUT2D eigenvalue weighted by Crippen LogP contribution is -2.27. The van der Waals surface area contributed by atoms with Crippen molar-refractivity contribution in [2.24, 2.45) is 5.10 Å². The van der Waals surface area contributed by atoms with Crippen LogP contribution in [0.1, 0.15) is 18.4 Å². The summed E-state index contributed by atoms with van der Waals surface area (Å²) in [6.45, 7) is 0. The van der Waals surface area contributed by atoms with Gasteiger partial charge in [0.1, 0.15) is 0 Å². The van der Waals surface area contributed by atoms with Crippen molar-refractivity contribution >= 4 is 35.1 Å². The number of benzene rings is 3. The van der Waals surface area contributed by atoms with Crippen LogP contribution in [0, 0.1) is 10.1 Å². The molecule has 0 aromatic heterocycles. The molecule has 0 aliphatic rings. The minimum absolute atomic E-state index is 0.00265. The van der Waals surface area contributed by atoms with Gasteiger partial charge in [-0.1, -0.05) is 36.4 Å². The Bertz CT molecular complexity index is 1030. The average molecular weight is 416 g/mol. The molecule has 2 amide bonds. The Balaban J connectivity index is 1.58. The number of hydrogen-bond acceptors (Lipinski definition) is 5. The summed E-state index contributed by atoms with van der Waals surface area (Å²) in [7, 11) is 0. The molecule has 0 atom stereocenters. The normalized spacial score (nSPS) is 10.6. The van der Waals surface area contributed by atoms with Crippen LogP contribution in [0.3, 0.4) is 0 Å². The number of anilines is 2. The second kappa shape index (κ2) is 10.4. The summed E-state index contributed by atoms with van der Waals surface area (Å²) >= 11 is 0. The fourth-order valence-electron chi connectivity index (χ4n) is 2.84. The summed E-state index contributed by atoms with van der Waals surface area (Å²) in [6, 6.07) is 24.2. The van der Waals surface area contributed by atoms with Crippen LogP contribution in [-0.4, -0.2) is 23.0 Å². The van der Waals surface area contributed by atoms with Gasteiger partial charge in [-0.2, -0.15) is 5.10 Å². The van der Waals surface area contributed by atoms with E-state index in [1.807, 2.05) is 60.7 Å². The fourth-order valence-corrected chi connectivity index (χ4v) is 2.84. The van der Waals surface area contributed by atoms with E-state index in [0.717, 1.165) is 11.4 Å². The number of rotatable bonds is 8. The highest BCUT2D eigenvalue weighted by molar-refractivity contribution is 6.01. The van der Waals surface area contributed by atoms with Gasteiger partial charge in [0.15, 0.2) is 0 Å². The SMILES string of the molecule is O=C(CCC(=O)N(c1ccccc1)c1ccccc1)N/N=C/c1ccc([N+](=O)[O-])cc1. The van der Waals surface area contributed by atoms with Gasteiger partial charge in [-0.15, -0.1) is 0 Å². The molecule has 31 heavy (non-hydrogen) atoms. The van der Waals surface area contributed by atoms with Gasteiger partial charge in [0.05, 0.1) is 11.1 Å². The van der Waals surface area contributed by atoms with Crippen LogP contribution < -0.4 is 10.3 Å². The molecule has 0 saturated carbocycles. The lowest BCUT2D eigenvalue weighted by molar-refractivity contribution is -0.384. The third-order valence-corrected chi connectivity index (χ3v) is 4.35. The molecular weight excluding hydrogens is 396 g/mol. The predicted molar refractivity (Wildman–Crippen MR) is 118 cm³/mol. The van der Waals surface area contributed by atoms with Crippen molar-refractivity contribution in [3.8, 4) is 0 Å². The quantitative estimate of drug-likeness (QED) is 0.338. The summed E-state index contributed by atoms with van der Waals surface area (Å²) in [5.41, 5.74) is 4.38. The van der Waals surface area contributed by atoms with E-state index in [-0.39, 0.29) is 24.4 Å². The maximum Gasteiger partial charge on any atom is 0.269 e. The summed E-state index contributed by atoms with van der Waals surface area (Å²) in [5.74, 6) is -0.625. The predicted octanol–water partition coefficient (Wildman–Crippen LogP) is 4.19. The highest BCUT2D eigenvalue weighted by Crippen LogP contribution is 2.26. The van der Waals surface area contributed by atoms with Crippen molar-refractivity contribution in [3.63, 3.8) is 0 Å². The third kappa shape index (κ3) is 6.07. The van der Waals surface area contributed by atoms with Crippen LogP contribution >= 0.6 is 0 Å². The molecule has 3 aromatic rings. The molecule has 0 aliphatic carbocycles. The Labute approximate surface area is 179 Å². The van der Waals surface area contributed by atoms with Crippen LogP contribution in [0.25, 0.3) is 0 Å². The van der Waals surface area contributed by atoms with Gasteiger partial charge in [-0.3, -0.25) is 24.6 Å². The number of para-hydroxylation sites is 2. The number of nitrogens with zero attached hydrogens (tertiary/aromatic N) is 3. The van der Waals surface area contributed by atoms with E-state index >= 15 is 0 Å². The Hall–Kier alpha value is -4.33. The lowest BCUT2D eigenvalue weighted by atomic mass is 10.2. The largest absolute Gasteiger partial charge is 0.281 e. The van der Waals surface area contributed by atoms with Crippen LogP contribution in [0.2, 0.25) is 0 Å². The summed E-state index contributed by atoms with van der Waals surface area (Å²) in [6.07, 6.45) is 1.35. The molecule has 0 bridgehead atoms. The number of hydrazone groups is 1. The van der Waals surface area contributed by atoms with Gasteiger partial charge >= 0.3 is 0 Å². The molecule has 8 nitrogen and oxygen atoms in total. The summed E-state index contributed by atoms with van der Waals surface area (Å²) < 4.78 is 0. The van der Waals surface area contributed by atoms with Gasteiger partial charge in [0, 0.05) is 36.3 Å².